The van der Waals surface area contributed by atoms with Gasteiger partial charge in [-0.05, 0) is 86.1 Å². The van der Waals surface area contributed by atoms with Crippen molar-refractivity contribution in [3.05, 3.63) is 145 Å². The SMILES string of the molecule is Cc1ccc2c(ccc3cc(-c4cccc(-c5cccc(-c6cccc7c6sc6ccccc67)c5)c4)ccc32)c1. The quantitative estimate of drug-likeness (QED) is 0.201. The summed E-state index contributed by atoms with van der Waals surface area (Å²) in [6.07, 6.45) is 0. The van der Waals surface area contributed by atoms with Gasteiger partial charge in [0.05, 0.1) is 0 Å². The van der Waals surface area contributed by atoms with Crippen molar-refractivity contribution in [2.45, 2.75) is 6.92 Å². The van der Waals surface area contributed by atoms with E-state index >= 15 is 0 Å². The first-order valence-corrected chi connectivity index (χ1v) is 14.6. The first kappa shape index (κ1) is 23.2. The van der Waals surface area contributed by atoms with Gasteiger partial charge in [0.1, 0.15) is 0 Å². The summed E-state index contributed by atoms with van der Waals surface area (Å²) in [6.45, 7) is 2.15. The number of hydrogen-bond acceptors (Lipinski definition) is 1. The molecule has 1 heterocycles. The normalized spacial score (nSPS) is 11.6. The molecule has 0 saturated heterocycles. The molecule has 188 valence electrons. The van der Waals surface area contributed by atoms with Crippen LogP contribution in [0.2, 0.25) is 0 Å². The third-order valence-corrected chi connectivity index (χ3v) is 9.32. The van der Waals surface area contributed by atoms with Crippen LogP contribution in [0.15, 0.2) is 140 Å². The van der Waals surface area contributed by atoms with Crippen molar-refractivity contribution in [1.29, 1.82) is 0 Å². The van der Waals surface area contributed by atoms with E-state index in [9.17, 15) is 0 Å². The molecule has 0 amide bonds. The van der Waals surface area contributed by atoms with Gasteiger partial charge in [-0.15, -0.1) is 11.3 Å². The fourth-order valence-electron chi connectivity index (χ4n) is 6.09. The third kappa shape index (κ3) is 3.82. The number of rotatable bonds is 3. The lowest BCUT2D eigenvalue weighted by Gasteiger charge is -2.11. The lowest BCUT2D eigenvalue weighted by atomic mass is 9.94. The van der Waals surface area contributed by atoms with E-state index in [0.29, 0.717) is 0 Å². The summed E-state index contributed by atoms with van der Waals surface area (Å²) in [4.78, 5) is 0. The molecule has 1 heteroatoms. The Bertz CT molecular complexity index is 2230. The summed E-state index contributed by atoms with van der Waals surface area (Å²) >= 11 is 1.89. The van der Waals surface area contributed by atoms with Crippen molar-refractivity contribution in [3.63, 3.8) is 0 Å². The van der Waals surface area contributed by atoms with Crippen LogP contribution in [0.5, 0.6) is 0 Å². The number of aryl methyl sites for hydroxylation is 1. The molecule has 0 aliphatic rings. The van der Waals surface area contributed by atoms with E-state index in [1.165, 1.54) is 80.7 Å². The number of thiophene rings is 1. The monoisotopic (exact) mass is 526 g/mol. The van der Waals surface area contributed by atoms with Gasteiger partial charge < -0.3 is 0 Å². The lowest BCUT2D eigenvalue weighted by molar-refractivity contribution is 1.51. The Morgan fingerprint density at radius 3 is 1.80 bits per heavy atom. The van der Waals surface area contributed by atoms with Gasteiger partial charge in [0.15, 0.2) is 0 Å². The van der Waals surface area contributed by atoms with Crippen molar-refractivity contribution in [2.75, 3.05) is 0 Å². The molecule has 0 atom stereocenters. The highest BCUT2D eigenvalue weighted by atomic mass is 32.1. The van der Waals surface area contributed by atoms with Gasteiger partial charge in [-0.1, -0.05) is 121 Å². The Hall–Kier alpha value is -4.72. The van der Waals surface area contributed by atoms with Crippen LogP contribution in [-0.2, 0) is 0 Å². The van der Waals surface area contributed by atoms with Gasteiger partial charge >= 0.3 is 0 Å². The molecule has 40 heavy (non-hydrogen) atoms. The predicted molar refractivity (Wildman–Crippen MR) is 175 cm³/mol. The largest absolute Gasteiger partial charge is 0.135 e. The zero-order valence-corrected chi connectivity index (χ0v) is 23.0. The van der Waals surface area contributed by atoms with Crippen LogP contribution in [0.3, 0.4) is 0 Å². The summed E-state index contributed by atoms with van der Waals surface area (Å²) in [6, 6.07) is 51.4. The van der Waals surface area contributed by atoms with Crippen molar-refractivity contribution in [2.24, 2.45) is 0 Å². The minimum absolute atomic E-state index is 1.23. The van der Waals surface area contributed by atoms with E-state index in [0.717, 1.165) is 0 Å². The van der Waals surface area contributed by atoms with Crippen molar-refractivity contribution in [3.8, 4) is 33.4 Å². The van der Waals surface area contributed by atoms with Crippen LogP contribution in [0.25, 0.3) is 75.1 Å². The van der Waals surface area contributed by atoms with Gasteiger partial charge in [0, 0.05) is 20.2 Å². The molecule has 0 aliphatic carbocycles. The average Bonchev–Trinajstić information content (AvgIpc) is 3.40. The molecule has 0 spiro atoms. The molecule has 0 N–H and O–H groups in total. The predicted octanol–water partition coefficient (Wildman–Crippen LogP) is 11.7. The Labute approximate surface area is 237 Å². The highest BCUT2D eigenvalue weighted by Crippen LogP contribution is 2.40. The molecule has 0 radical (unpaired) electrons. The summed E-state index contributed by atoms with van der Waals surface area (Å²) in [7, 11) is 0. The van der Waals surface area contributed by atoms with Crippen LogP contribution in [0, 0.1) is 6.92 Å². The third-order valence-electron chi connectivity index (χ3n) is 8.10. The molecule has 0 unspecified atom stereocenters. The second-order valence-corrected chi connectivity index (χ2v) is 11.7. The van der Waals surface area contributed by atoms with E-state index in [2.05, 4.69) is 146 Å². The highest BCUT2D eigenvalue weighted by molar-refractivity contribution is 7.26. The van der Waals surface area contributed by atoms with E-state index in [1.807, 2.05) is 11.3 Å². The van der Waals surface area contributed by atoms with Gasteiger partial charge in [-0.25, -0.2) is 0 Å². The molecule has 0 nitrogen and oxygen atoms in total. The minimum Gasteiger partial charge on any atom is -0.135 e. The Balaban J connectivity index is 1.20. The maximum atomic E-state index is 2.34. The van der Waals surface area contributed by atoms with Crippen LogP contribution >= 0.6 is 11.3 Å². The number of hydrogen-bond donors (Lipinski definition) is 0. The summed E-state index contributed by atoms with van der Waals surface area (Å²) in [5, 5.41) is 7.87. The molecule has 0 fully saturated rings. The second-order valence-electron chi connectivity index (χ2n) is 10.7. The van der Waals surface area contributed by atoms with Crippen molar-refractivity contribution in [1.82, 2.24) is 0 Å². The highest BCUT2D eigenvalue weighted by Gasteiger charge is 2.11. The molecular formula is C39H26S. The fourth-order valence-corrected chi connectivity index (χ4v) is 7.33. The van der Waals surface area contributed by atoms with Crippen molar-refractivity contribution >= 4 is 53.1 Å². The average molecular weight is 527 g/mol. The molecule has 0 aliphatic heterocycles. The summed E-state index contributed by atoms with van der Waals surface area (Å²) in [5.74, 6) is 0. The van der Waals surface area contributed by atoms with Gasteiger partial charge in [-0.2, -0.15) is 0 Å². The maximum absolute atomic E-state index is 2.34. The van der Waals surface area contributed by atoms with E-state index in [4.69, 9.17) is 0 Å². The number of benzene rings is 7. The van der Waals surface area contributed by atoms with Crippen LogP contribution in [0.4, 0.5) is 0 Å². The zero-order valence-electron chi connectivity index (χ0n) is 22.2. The number of fused-ring (bicyclic) bond motifs is 6. The van der Waals surface area contributed by atoms with Crippen molar-refractivity contribution < 1.29 is 0 Å². The lowest BCUT2D eigenvalue weighted by Crippen LogP contribution is -1.85. The molecule has 0 saturated carbocycles. The van der Waals surface area contributed by atoms with Crippen LogP contribution in [-0.4, -0.2) is 0 Å². The van der Waals surface area contributed by atoms with E-state index < -0.39 is 0 Å². The first-order chi connectivity index (χ1) is 19.7. The molecule has 1 aromatic heterocycles. The summed E-state index contributed by atoms with van der Waals surface area (Å²) in [5.41, 5.74) is 8.80. The molecule has 8 aromatic rings. The first-order valence-electron chi connectivity index (χ1n) is 13.8. The van der Waals surface area contributed by atoms with Gasteiger partial charge in [-0.3, -0.25) is 0 Å². The molecule has 7 aromatic carbocycles. The van der Waals surface area contributed by atoms with Crippen LogP contribution < -0.4 is 0 Å². The zero-order chi connectivity index (χ0) is 26.6. The minimum atomic E-state index is 1.23. The maximum Gasteiger partial charge on any atom is 0.0433 e. The van der Waals surface area contributed by atoms with Crippen LogP contribution in [0.1, 0.15) is 5.56 Å². The topological polar surface area (TPSA) is 0 Å². The fraction of sp³-hybridized carbons (Fsp3) is 0.0256. The van der Waals surface area contributed by atoms with Gasteiger partial charge in [0.25, 0.3) is 0 Å². The standard InChI is InChI=1S/C39H26S/c1-25-15-19-33-31(21-25)16-17-32-24-29(18-20-34(32)33)27-8-4-7-26(22-27)28-9-5-10-30(23-28)35-12-6-13-37-36-11-2-3-14-38(36)40-39(35)37/h2-24H,1H3. The Kier molecular flexibility index (Phi) is 5.33. The molecule has 0 bridgehead atoms. The van der Waals surface area contributed by atoms with Gasteiger partial charge in [0.2, 0.25) is 0 Å². The molecular weight excluding hydrogens is 500 g/mol. The Morgan fingerprint density at radius 1 is 0.400 bits per heavy atom. The van der Waals surface area contributed by atoms with E-state index in [1.54, 1.807) is 0 Å². The molecule has 8 rings (SSSR count). The smallest absolute Gasteiger partial charge is 0.0433 e. The second kappa shape index (κ2) is 9.19. The Morgan fingerprint density at radius 2 is 1.00 bits per heavy atom. The van der Waals surface area contributed by atoms with E-state index in [-0.39, 0.29) is 0 Å². The summed E-state index contributed by atoms with van der Waals surface area (Å²) < 4.78 is 2.70.